The summed E-state index contributed by atoms with van der Waals surface area (Å²) in [6, 6.07) is 17.4. The van der Waals surface area contributed by atoms with Gasteiger partial charge in [-0.1, -0.05) is 54.1 Å². The molecule has 5 nitrogen and oxygen atoms in total. The van der Waals surface area contributed by atoms with Gasteiger partial charge in [-0.25, -0.2) is 17.9 Å². The van der Waals surface area contributed by atoms with Crippen LogP contribution in [0, 0.1) is 0 Å². The van der Waals surface area contributed by atoms with Crippen LogP contribution in [0.4, 0.5) is 0 Å². The smallest absolute Gasteiger partial charge is 0.340 e. The van der Waals surface area contributed by atoms with E-state index in [2.05, 4.69) is 4.72 Å². The Hall–Kier alpha value is -2.41. The van der Waals surface area contributed by atoms with Crippen molar-refractivity contribution in [3.8, 4) is 0 Å². The van der Waals surface area contributed by atoms with Crippen LogP contribution in [-0.2, 0) is 21.4 Å². The third kappa shape index (κ3) is 3.72. The average Bonchev–Trinajstić information content (AvgIpc) is 2.66. The highest BCUT2D eigenvalue weighted by molar-refractivity contribution is 7.89. The zero-order valence-corrected chi connectivity index (χ0v) is 15.5. The second-order valence-corrected chi connectivity index (χ2v) is 7.86. The van der Waals surface area contributed by atoms with E-state index < -0.39 is 16.0 Å². The fourth-order valence-corrected chi connectivity index (χ4v) is 3.54. The molecular formula is C19H16ClNO4S. The van der Waals surface area contributed by atoms with Gasteiger partial charge in [0.15, 0.2) is 0 Å². The highest BCUT2D eigenvalue weighted by Crippen LogP contribution is 2.23. The first-order valence-corrected chi connectivity index (χ1v) is 9.65. The Balaban J connectivity index is 1.85. The Bertz CT molecular complexity index is 1070. The van der Waals surface area contributed by atoms with Crippen molar-refractivity contribution in [2.75, 3.05) is 7.05 Å². The second kappa shape index (κ2) is 7.45. The van der Waals surface area contributed by atoms with Crippen LogP contribution in [0.2, 0.25) is 5.02 Å². The Morgan fingerprint density at radius 1 is 1.08 bits per heavy atom. The molecule has 134 valence electrons. The van der Waals surface area contributed by atoms with Gasteiger partial charge in [-0.05, 0) is 41.6 Å². The summed E-state index contributed by atoms with van der Waals surface area (Å²) in [5.41, 5.74) is 0.856. The highest BCUT2D eigenvalue weighted by atomic mass is 35.5. The van der Waals surface area contributed by atoms with Crippen molar-refractivity contribution in [3.63, 3.8) is 0 Å². The molecule has 0 unspecified atom stereocenters. The minimum Gasteiger partial charge on any atom is -0.457 e. The minimum absolute atomic E-state index is 0.00299. The van der Waals surface area contributed by atoms with Gasteiger partial charge in [0.05, 0.1) is 15.5 Å². The maximum atomic E-state index is 12.4. The SMILES string of the molecule is CNS(=O)(=O)c1ccc(Cl)c(C(=O)OCc2cccc3ccccc23)c1. The van der Waals surface area contributed by atoms with Gasteiger partial charge in [-0.2, -0.15) is 0 Å². The van der Waals surface area contributed by atoms with Crippen molar-refractivity contribution in [1.29, 1.82) is 0 Å². The molecule has 3 aromatic carbocycles. The predicted octanol–water partition coefficient (Wildman–Crippen LogP) is 3.76. The normalized spacial score (nSPS) is 11.5. The maximum absolute atomic E-state index is 12.4. The Morgan fingerprint density at radius 3 is 2.58 bits per heavy atom. The van der Waals surface area contributed by atoms with Crippen molar-refractivity contribution in [1.82, 2.24) is 4.72 Å². The van der Waals surface area contributed by atoms with Crippen molar-refractivity contribution in [3.05, 3.63) is 76.8 Å². The number of sulfonamides is 1. The van der Waals surface area contributed by atoms with Gasteiger partial charge in [0.2, 0.25) is 10.0 Å². The van der Waals surface area contributed by atoms with E-state index in [1.807, 2.05) is 42.5 Å². The molecule has 3 rings (SSSR count). The second-order valence-electron chi connectivity index (χ2n) is 5.56. The minimum atomic E-state index is -3.68. The van der Waals surface area contributed by atoms with E-state index in [1.54, 1.807) is 0 Å². The summed E-state index contributed by atoms with van der Waals surface area (Å²) in [5, 5.41) is 2.16. The largest absolute Gasteiger partial charge is 0.457 e. The van der Waals surface area contributed by atoms with Crippen LogP contribution in [0.1, 0.15) is 15.9 Å². The molecule has 0 saturated heterocycles. The van der Waals surface area contributed by atoms with E-state index in [9.17, 15) is 13.2 Å². The lowest BCUT2D eigenvalue weighted by Crippen LogP contribution is -2.19. The molecule has 0 aromatic heterocycles. The zero-order chi connectivity index (χ0) is 18.7. The first kappa shape index (κ1) is 18.4. The van der Waals surface area contributed by atoms with Gasteiger partial charge >= 0.3 is 5.97 Å². The van der Waals surface area contributed by atoms with Crippen molar-refractivity contribution in [2.24, 2.45) is 0 Å². The number of ether oxygens (including phenoxy) is 1. The van der Waals surface area contributed by atoms with Gasteiger partial charge < -0.3 is 4.74 Å². The van der Waals surface area contributed by atoms with Crippen LogP contribution >= 0.6 is 11.6 Å². The number of carbonyl (C=O) groups is 1. The lowest BCUT2D eigenvalue weighted by molar-refractivity contribution is 0.0474. The third-order valence-corrected chi connectivity index (χ3v) is 5.72. The number of rotatable bonds is 5. The summed E-state index contributed by atoms with van der Waals surface area (Å²) in [6.45, 7) is 0.0551. The third-order valence-electron chi connectivity index (χ3n) is 3.98. The average molecular weight is 390 g/mol. The van der Waals surface area contributed by atoms with Crippen LogP contribution in [0.5, 0.6) is 0 Å². The Morgan fingerprint density at radius 2 is 1.81 bits per heavy atom. The number of nitrogens with one attached hydrogen (secondary N) is 1. The molecule has 0 saturated carbocycles. The van der Waals surface area contributed by atoms with E-state index in [1.165, 1.54) is 25.2 Å². The molecule has 0 bridgehead atoms. The van der Waals surface area contributed by atoms with Gasteiger partial charge in [-0.3, -0.25) is 0 Å². The molecule has 0 fully saturated rings. The van der Waals surface area contributed by atoms with Crippen LogP contribution < -0.4 is 4.72 Å². The molecule has 7 heteroatoms. The van der Waals surface area contributed by atoms with Gasteiger partial charge in [0, 0.05) is 0 Å². The van der Waals surface area contributed by atoms with E-state index >= 15 is 0 Å². The molecular weight excluding hydrogens is 374 g/mol. The summed E-state index contributed by atoms with van der Waals surface area (Å²) in [6.07, 6.45) is 0. The van der Waals surface area contributed by atoms with Crippen LogP contribution in [0.15, 0.2) is 65.6 Å². The summed E-state index contributed by atoms with van der Waals surface area (Å²) >= 11 is 6.05. The lowest BCUT2D eigenvalue weighted by atomic mass is 10.1. The van der Waals surface area contributed by atoms with Crippen molar-refractivity contribution >= 4 is 38.4 Å². The topological polar surface area (TPSA) is 72.5 Å². The Labute approximate surface area is 156 Å². The molecule has 0 radical (unpaired) electrons. The maximum Gasteiger partial charge on any atom is 0.340 e. The zero-order valence-electron chi connectivity index (χ0n) is 13.9. The first-order chi connectivity index (χ1) is 12.4. The number of fused-ring (bicyclic) bond motifs is 1. The summed E-state index contributed by atoms with van der Waals surface area (Å²) in [5.74, 6) is -0.684. The molecule has 3 aromatic rings. The number of esters is 1. The fraction of sp³-hybridized carbons (Fsp3) is 0.105. The number of carbonyl (C=O) groups excluding carboxylic acids is 1. The van der Waals surface area contributed by atoms with Crippen LogP contribution in [0.3, 0.4) is 0 Å². The number of hydrogen-bond acceptors (Lipinski definition) is 4. The predicted molar refractivity (Wildman–Crippen MR) is 101 cm³/mol. The fourth-order valence-electron chi connectivity index (χ4n) is 2.59. The molecule has 26 heavy (non-hydrogen) atoms. The number of benzene rings is 3. The molecule has 0 spiro atoms. The summed E-state index contributed by atoms with van der Waals surface area (Å²) in [7, 11) is -2.39. The van der Waals surface area contributed by atoms with Gasteiger partial charge in [-0.15, -0.1) is 0 Å². The van der Waals surface area contributed by atoms with E-state index in [4.69, 9.17) is 16.3 Å². The first-order valence-electron chi connectivity index (χ1n) is 7.79. The quantitative estimate of drug-likeness (QED) is 0.674. The van der Waals surface area contributed by atoms with Crippen molar-refractivity contribution < 1.29 is 17.9 Å². The van der Waals surface area contributed by atoms with Gasteiger partial charge in [0.25, 0.3) is 0 Å². The molecule has 0 aliphatic heterocycles. The molecule has 0 atom stereocenters. The van der Waals surface area contributed by atoms with E-state index in [0.29, 0.717) is 0 Å². The molecule has 0 heterocycles. The molecule has 1 N–H and O–H groups in total. The van der Waals surface area contributed by atoms with E-state index in [0.717, 1.165) is 16.3 Å². The molecule has 0 aliphatic rings. The van der Waals surface area contributed by atoms with Gasteiger partial charge in [0.1, 0.15) is 6.61 Å². The highest BCUT2D eigenvalue weighted by Gasteiger charge is 2.18. The van der Waals surface area contributed by atoms with Crippen LogP contribution in [0.25, 0.3) is 10.8 Å². The number of hydrogen-bond donors (Lipinski definition) is 1. The summed E-state index contributed by atoms with van der Waals surface area (Å²) in [4.78, 5) is 12.4. The molecule has 0 amide bonds. The molecule has 0 aliphatic carbocycles. The van der Waals surface area contributed by atoms with E-state index in [-0.39, 0.29) is 22.1 Å². The number of halogens is 1. The van der Waals surface area contributed by atoms with Crippen molar-refractivity contribution in [2.45, 2.75) is 11.5 Å². The summed E-state index contributed by atoms with van der Waals surface area (Å²) < 4.78 is 31.4. The van der Waals surface area contributed by atoms with Crippen LogP contribution in [-0.4, -0.2) is 21.4 Å². The lowest BCUT2D eigenvalue weighted by Gasteiger charge is -2.10. The monoisotopic (exact) mass is 389 g/mol. The Kier molecular flexibility index (Phi) is 5.27. The standard InChI is InChI=1S/C19H16ClNO4S/c1-21-26(23,24)15-9-10-18(20)17(11-15)19(22)25-12-14-7-4-6-13-5-2-3-8-16(13)14/h2-11,21H,12H2,1H3.